The minimum Gasteiger partial charge on any atom is -0.307 e. The van der Waals surface area contributed by atoms with Crippen molar-refractivity contribution in [2.24, 2.45) is 5.41 Å². The van der Waals surface area contributed by atoms with Gasteiger partial charge in [-0.25, -0.2) is 0 Å². The lowest BCUT2D eigenvalue weighted by molar-refractivity contribution is -0.123. The molecule has 1 amide bonds. The van der Waals surface area contributed by atoms with Gasteiger partial charge in [-0.1, -0.05) is 69.3 Å². The van der Waals surface area contributed by atoms with Crippen molar-refractivity contribution in [1.82, 2.24) is 15.0 Å². The molecule has 0 saturated heterocycles. The van der Waals surface area contributed by atoms with Gasteiger partial charge in [0.2, 0.25) is 5.91 Å². The van der Waals surface area contributed by atoms with Crippen LogP contribution in [0.5, 0.6) is 0 Å². The van der Waals surface area contributed by atoms with E-state index in [2.05, 4.69) is 15.5 Å². The predicted molar refractivity (Wildman–Crippen MR) is 94.9 cm³/mol. The number of rotatable bonds is 3. The Morgan fingerprint density at radius 2 is 1.50 bits per heavy atom. The van der Waals surface area contributed by atoms with Crippen LogP contribution >= 0.6 is 0 Å². The molecule has 0 aliphatic carbocycles. The Kier molecular flexibility index (Phi) is 4.16. The summed E-state index contributed by atoms with van der Waals surface area (Å²) in [5.74, 6) is 0.366. The molecule has 0 atom stereocenters. The number of para-hydroxylation sites is 1. The third-order valence-electron chi connectivity index (χ3n) is 3.56. The Morgan fingerprint density at radius 3 is 2.08 bits per heavy atom. The van der Waals surface area contributed by atoms with Crippen molar-refractivity contribution in [3.05, 3.63) is 60.7 Å². The van der Waals surface area contributed by atoms with E-state index in [9.17, 15) is 4.79 Å². The van der Waals surface area contributed by atoms with Crippen LogP contribution in [0.1, 0.15) is 20.8 Å². The number of hydrogen-bond acceptors (Lipinski definition) is 3. The summed E-state index contributed by atoms with van der Waals surface area (Å²) in [7, 11) is 0. The van der Waals surface area contributed by atoms with Gasteiger partial charge < -0.3 is 5.32 Å². The number of benzene rings is 2. The Morgan fingerprint density at radius 1 is 0.917 bits per heavy atom. The van der Waals surface area contributed by atoms with Crippen molar-refractivity contribution >= 4 is 11.7 Å². The van der Waals surface area contributed by atoms with Crippen LogP contribution < -0.4 is 5.32 Å². The topological polar surface area (TPSA) is 59.8 Å². The van der Waals surface area contributed by atoms with Crippen LogP contribution in [0.15, 0.2) is 60.7 Å². The summed E-state index contributed by atoms with van der Waals surface area (Å²) in [5.41, 5.74) is 1.89. The van der Waals surface area contributed by atoms with Gasteiger partial charge >= 0.3 is 0 Å². The summed E-state index contributed by atoms with van der Waals surface area (Å²) >= 11 is 0. The van der Waals surface area contributed by atoms with Crippen LogP contribution in [0.25, 0.3) is 16.9 Å². The fourth-order valence-electron chi connectivity index (χ4n) is 2.15. The van der Waals surface area contributed by atoms with Crippen LogP contribution in [0, 0.1) is 5.41 Å². The molecule has 0 radical (unpaired) electrons. The normalized spacial score (nSPS) is 11.3. The van der Waals surface area contributed by atoms with Crippen LogP contribution in [0.3, 0.4) is 0 Å². The number of carbonyl (C=O) groups is 1. The zero-order chi connectivity index (χ0) is 17.2. The van der Waals surface area contributed by atoms with E-state index in [4.69, 9.17) is 0 Å². The maximum Gasteiger partial charge on any atom is 0.231 e. The molecule has 2 aromatic carbocycles. The first kappa shape index (κ1) is 15.9. The summed E-state index contributed by atoms with van der Waals surface area (Å²) in [6, 6.07) is 19.3. The number of aromatic nitrogens is 3. The zero-order valence-corrected chi connectivity index (χ0v) is 14.0. The van der Waals surface area contributed by atoms with Crippen molar-refractivity contribution in [2.45, 2.75) is 20.8 Å². The second-order valence-corrected chi connectivity index (χ2v) is 6.59. The summed E-state index contributed by atoms with van der Waals surface area (Å²) in [6.07, 6.45) is 0. The van der Waals surface area contributed by atoms with Gasteiger partial charge in [-0.05, 0) is 12.1 Å². The van der Waals surface area contributed by atoms with Gasteiger partial charge in [0, 0.05) is 11.0 Å². The largest absolute Gasteiger partial charge is 0.307 e. The van der Waals surface area contributed by atoms with Gasteiger partial charge in [0.15, 0.2) is 5.82 Å². The van der Waals surface area contributed by atoms with Gasteiger partial charge in [0.1, 0.15) is 5.69 Å². The number of hydrogen-bond donors (Lipinski definition) is 1. The number of nitrogens with zero attached hydrogens (tertiary/aromatic N) is 3. The molecule has 0 saturated carbocycles. The molecule has 0 spiro atoms. The van der Waals surface area contributed by atoms with Crippen LogP contribution in [-0.2, 0) is 4.79 Å². The number of nitrogens with one attached hydrogen (secondary N) is 1. The summed E-state index contributed by atoms with van der Waals surface area (Å²) in [6.45, 7) is 5.60. The number of amides is 1. The second kappa shape index (κ2) is 6.28. The van der Waals surface area contributed by atoms with E-state index in [1.54, 1.807) is 4.80 Å². The number of carbonyl (C=O) groups excluding carboxylic acids is 1. The lowest BCUT2D eigenvalue weighted by Crippen LogP contribution is -2.28. The third-order valence-corrected chi connectivity index (χ3v) is 3.56. The van der Waals surface area contributed by atoms with Crippen molar-refractivity contribution in [1.29, 1.82) is 0 Å². The molecule has 3 rings (SSSR count). The Bertz CT molecular complexity index is 833. The predicted octanol–water partition coefficient (Wildman–Crippen LogP) is 3.92. The molecular formula is C19H20N4O. The molecule has 1 aromatic heterocycles. The monoisotopic (exact) mass is 320 g/mol. The Balaban J connectivity index is 2.05. The van der Waals surface area contributed by atoms with E-state index in [-0.39, 0.29) is 5.91 Å². The molecule has 3 aromatic rings. The lowest BCUT2D eigenvalue weighted by atomic mass is 9.96. The fourth-order valence-corrected chi connectivity index (χ4v) is 2.15. The Hall–Kier alpha value is -2.95. The smallest absolute Gasteiger partial charge is 0.231 e. The summed E-state index contributed by atoms with van der Waals surface area (Å²) in [4.78, 5) is 13.9. The van der Waals surface area contributed by atoms with E-state index in [1.807, 2.05) is 81.4 Å². The SMILES string of the molecule is CC(C)(C)C(=O)Nc1nn(-c2ccccc2)nc1-c1ccccc1. The van der Waals surface area contributed by atoms with Crippen LogP contribution in [0.4, 0.5) is 5.82 Å². The lowest BCUT2D eigenvalue weighted by Gasteiger charge is -2.16. The van der Waals surface area contributed by atoms with Gasteiger partial charge in [0.25, 0.3) is 0 Å². The molecule has 1 heterocycles. The zero-order valence-electron chi connectivity index (χ0n) is 14.0. The number of anilines is 1. The molecule has 0 unspecified atom stereocenters. The average molecular weight is 320 g/mol. The van der Waals surface area contributed by atoms with Gasteiger partial charge in [-0.2, -0.15) is 0 Å². The first-order chi connectivity index (χ1) is 11.4. The maximum absolute atomic E-state index is 12.4. The molecule has 5 heteroatoms. The molecule has 0 aliphatic rings. The van der Waals surface area contributed by atoms with Crippen molar-refractivity contribution in [3.8, 4) is 16.9 Å². The highest BCUT2D eigenvalue weighted by Crippen LogP contribution is 2.27. The van der Waals surface area contributed by atoms with Crippen molar-refractivity contribution in [3.63, 3.8) is 0 Å². The minimum absolute atomic E-state index is 0.0974. The van der Waals surface area contributed by atoms with Gasteiger partial charge in [-0.3, -0.25) is 4.79 Å². The third kappa shape index (κ3) is 3.35. The maximum atomic E-state index is 12.4. The highest BCUT2D eigenvalue weighted by molar-refractivity contribution is 5.96. The van der Waals surface area contributed by atoms with Crippen LogP contribution in [0.2, 0.25) is 0 Å². The van der Waals surface area contributed by atoms with E-state index >= 15 is 0 Å². The highest BCUT2D eigenvalue weighted by Gasteiger charge is 2.24. The summed E-state index contributed by atoms with van der Waals surface area (Å²) < 4.78 is 0. The van der Waals surface area contributed by atoms with E-state index in [1.165, 1.54) is 0 Å². The fraction of sp³-hybridized carbons (Fsp3) is 0.211. The standard InChI is InChI=1S/C19H20N4O/c1-19(2,3)18(24)20-17-16(14-10-6-4-7-11-14)21-23(22-17)15-12-8-5-9-13-15/h4-13H,1-3H3,(H,20,22,24). The van der Waals surface area contributed by atoms with Gasteiger partial charge in [0.05, 0.1) is 5.69 Å². The van der Waals surface area contributed by atoms with Crippen molar-refractivity contribution < 1.29 is 4.79 Å². The molecule has 24 heavy (non-hydrogen) atoms. The molecular weight excluding hydrogens is 300 g/mol. The van der Waals surface area contributed by atoms with E-state index in [0.29, 0.717) is 11.5 Å². The molecule has 0 fully saturated rings. The molecule has 0 bridgehead atoms. The van der Waals surface area contributed by atoms with E-state index in [0.717, 1.165) is 11.3 Å². The van der Waals surface area contributed by atoms with Gasteiger partial charge in [-0.15, -0.1) is 15.0 Å². The second-order valence-electron chi connectivity index (χ2n) is 6.59. The molecule has 1 N–H and O–H groups in total. The molecule has 5 nitrogen and oxygen atoms in total. The highest BCUT2D eigenvalue weighted by atomic mass is 16.2. The molecule has 122 valence electrons. The van der Waals surface area contributed by atoms with Crippen molar-refractivity contribution in [2.75, 3.05) is 5.32 Å². The Labute approximate surface area is 141 Å². The first-order valence-corrected chi connectivity index (χ1v) is 7.85. The van der Waals surface area contributed by atoms with E-state index < -0.39 is 5.41 Å². The van der Waals surface area contributed by atoms with Crippen LogP contribution in [-0.4, -0.2) is 20.9 Å². The minimum atomic E-state index is -0.509. The summed E-state index contributed by atoms with van der Waals surface area (Å²) in [5, 5.41) is 12.0. The molecule has 0 aliphatic heterocycles. The average Bonchev–Trinajstić information content (AvgIpc) is 2.99. The quantitative estimate of drug-likeness (QED) is 0.795. The first-order valence-electron chi connectivity index (χ1n) is 7.85.